The average Bonchev–Trinajstić information content (AvgIpc) is 2.03. The summed E-state index contributed by atoms with van der Waals surface area (Å²) in [7, 11) is 0. The summed E-state index contributed by atoms with van der Waals surface area (Å²) in [6, 6.07) is 0. The van der Waals surface area contributed by atoms with Crippen LogP contribution in [0.3, 0.4) is 0 Å². The number of carbonyl (C=O) groups is 1. The van der Waals surface area contributed by atoms with Crippen LogP contribution in [0.25, 0.3) is 0 Å². The van der Waals surface area contributed by atoms with Crippen LogP contribution in [0.2, 0.25) is 0 Å². The standard InChI is InChI=1S/C11H21NO/c1-8-5-9(2)7-10(6-8)11(13)3-4-12/h8-10H,3-7,12H2,1-2H3. The van der Waals surface area contributed by atoms with E-state index < -0.39 is 0 Å². The first-order chi connectivity index (χ1) is 6.13. The molecule has 0 aliphatic heterocycles. The molecular weight excluding hydrogens is 162 g/mol. The Kier molecular flexibility index (Phi) is 3.91. The summed E-state index contributed by atoms with van der Waals surface area (Å²) in [5.74, 6) is 2.13. The van der Waals surface area contributed by atoms with Crippen LogP contribution < -0.4 is 5.73 Å². The molecule has 13 heavy (non-hydrogen) atoms. The largest absolute Gasteiger partial charge is 0.330 e. The number of Topliss-reactive ketones (excluding diaryl/α,β-unsaturated/α-hetero) is 1. The summed E-state index contributed by atoms with van der Waals surface area (Å²) in [5.41, 5.74) is 5.38. The van der Waals surface area contributed by atoms with E-state index in [1.807, 2.05) is 0 Å². The minimum atomic E-state index is 0.308. The molecule has 1 saturated carbocycles. The van der Waals surface area contributed by atoms with Gasteiger partial charge in [0.25, 0.3) is 0 Å². The molecule has 2 heteroatoms. The Morgan fingerprint density at radius 1 is 1.23 bits per heavy atom. The van der Waals surface area contributed by atoms with Crippen LogP contribution in [0, 0.1) is 17.8 Å². The summed E-state index contributed by atoms with van der Waals surface area (Å²) in [5, 5.41) is 0. The molecule has 0 saturated heterocycles. The van der Waals surface area contributed by atoms with E-state index in [9.17, 15) is 4.79 Å². The van der Waals surface area contributed by atoms with E-state index in [4.69, 9.17) is 5.73 Å². The summed E-state index contributed by atoms with van der Waals surface area (Å²) in [6.45, 7) is 5.01. The smallest absolute Gasteiger partial charge is 0.137 e. The van der Waals surface area contributed by atoms with E-state index in [0.29, 0.717) is 24.7 Å². The Morgan fingerprint density at radius 3 is 2.23 bits per heavy atom. The monoisotopic (exact) mass is 183 g/mol. The van der Waals surface area contributed by atoms with Gasteiger partial charge in [-0.1, -0.05) is 13.8 Å². The lowest BCUT2D eigenvalue weighted by Crippen LogP contribution is -2.27. The van der Waals surface area contributed by atoms with Gasteiger partial charge in [-0.05, 0) is 37.6 Å². The van der Waals surface area contributed by atoms with Gasteiger partial charge in [-0.15, -0.1) is 0 Å². The third kappa shape index (κ3) is 3.11. The second-order valence-corrected chi connectivity index (χ2v) is 4.62. The van der Waals surface area contributed by atoms with E-state index in [2.05, 4.69) is 13.8 Å². The minimum absolute atomic E-state index is 0.308. The lowest BCUT2D eigenvalue weighted by molar-refractivity contribution is -0.124. The molecule has 0 bridgehead atoms. The quantitative estimate of drug-likeness (QED) is 0.727. The molecule has 0 aromatic rings. The van der Waals surface area contributed by atoms with Gasteiger partial charge >= 0.3 is 0 Å². The topological polar surface area (TPSA) is 43.1 Å². The zero-order valence-corrected chi connectivity index (χ0v) is 8.75. The molecule has 2 unspecified atom stereocenters. The molecule has 0 aromatic heterocycles. The molecule has 1 aliphatic carbocycles. The third-order valence-corrected chi connectivity index (χ3v) is 3.02. The molecule has 0 spiro atoms. The van der Waals surface area contributed by atoms with Gasteiger partial charge in [-0.2, -0.15) is 0 Å². The number of carbonyl (C=O) groups excluding carboxylic acids is 1. The Bertz CT molecular complexity index is 169. The van der Waals surface area contributed by atoms with Crippen molar-refractivity contribution < 1.29 is 4.79 Å². The van der Waals surface area contributed by atoms with Gasteiger partial charge < -0.3 is 5.73 Å². The number of hydrogen-bond acceptors (Lipinski definition) is 2. The van der Waals surface area contributed by atoms with Gasteiger partial charge in [0.1, 0.15) is 5.78 Å². The summed E-state index contributed by atoms with van der Waals surface area (Å²) >= 11 is 0. The molecule has 2 N–H and O–H groups in total. The highest BCUT2D eigenvalue weighted by Gasteiger charge is 2.27. The highest BCUT2D eigenvalue weighted by Crippen LogP contribution is 2.33. The van der Waals surface area contributed by atoms with Crippen LogP contribution >= 0.6 is 0 Å². The van der Waals surface area contributed by atoms with E-state index in [0.717, 1.165) is 24.7 Å². The number of rotatable bonds is 3. The van der Waals surface area contributed by atoms with Crippen LogP contribution in [-0.4, -0.2) is 12.3 Å². The van der Waals surface area contributed by atoms with Crippen molar-refractivity contribution >= 4 is 5.78 Å². The van der Waals surface area contributed by atoms with Crippen molar-refractivity contribution in [2.45, 2.75) is 39.5 Å². The molecule has 2 nitrogen and oxygen atoms in total. The molecule has 2 atom stereocenters. The second-order valence-electron chi connectivity index (χ2n) is 4.62. The minimum Gasteiger partial charge on any atom is -0.330 e. The van der Waals surface area contributed by atoms with Crippen LogP contribution in [0.5, 0.6) is 0 Å². The summed E-state index contributed by atoms with van der Waals surface area (Å²) < 4.78 is 0. The maximum atomic E-state index is 11.6. The van der Waals surface area contributed by atoms with Gasteiger partial charge in [-0.25, -0.2) is 0 Å². The van der Waals surface area contributed by atoms with Crippen LogP contribution in [0.15, 0.2) is 0 Å². The molecule has 76 valence electrons. The second kappa shape index (κ2) is 4.75. The fourth-order valence-electron chi connectivity index (χ4n) is 2.56. The maximum Gasteiger partial charge on any atom is 0.137 e. The van der Waals surface area contributed by atoms with Crippen molar-refractivity contribution in [1.82, 2.24) is 0 Å². The molecule has 1 rings (SSSR count). The lowest BCUT2D eigenvalue weighted by Gasteiger charge is -2.30. The van der Waals surface area contributed by atoms with Crippen LogP contribution in [0.4, 0.5) is 0 Å². The SMILES string of the molecule is CC1CC(C)CC(C(=O)CCN)C1. The number of ketones is 1. The van der Waals surface area contributed by atoms with Gasteiger partial charge in [0.05, 0.1) is 0 Å². The fourth-order valence-corrected chi connectivity index (χ4v) is 2.56. The molecule has 1 aliphatic rings. The normalized spacial score (nSPS) is 34.5. The van der Waals surface area contributed by atoms with Crippen molar-refractivity contribution in [3.63, 3.8) is 0 Å². The van der Waals surface area contributed by atoms with E-state index >= 15 is 0 Å². The third-order valence-electron chi connectivity index (χ3n) is 3.02. The van der Waals surface area contributed by atoms with Crippen molar-refractivity contribution in [3.05, 3.63) is 0 Å². The van der Waals surface area contributed by atoms with Gasteiger partial charge in [0.15, 0.2) is 0 Å². The van der Waals surface area contributed by atoms with Crippen molar-refractivity contribution in [2.24, 2.45) is 23.5 Å². The Morgan fingerprint density at radius 2 is 1.77 bits per heavy atom. The van der Waals surface area contributed by atoms with E-state index in [-0.39, 0.29) is 0 Å². The number of nitrogens with two attached hydrogens (primary N) is 1. The van der Waals surface area contributed by atoms with Gasteiger partial charge in [-0.3, -0.25) is 4.79 Å². The lowest BCUT2D eigenvalue weighted by atomic mass is 9.74. The number of hydrogen-bond donors (Lipinski definition) is 1. The summed E-state index contributed by atoms with van der Waals surface area (Å²) in [6.07, 6.45) is 4.03. The first-order valence-corrected chi connectivity index (χ1v) is 5.36. The zero-order chi connectivity index (χ0) is 9.84. The molecule has 0 aromatic carbocycles. The molecule has 0 amide bonds. The first-order valence-electron chi connectivity index (χ1n) is 5.36. The maximum absolute atomic E-state index is 11.6. The Labute approximate surface area is 80.9 Å². The molecular formula is C11H21NO. The highest BCUT2D eigenvalue weighted by molar-refractivity contribution is 5.81. The molecule has 0 heterocycles. The van der Waals surface area contributed by atoms with Crippen molar-refractivity contribution in [1.29, 1.82) is 0 Å². The van der Waals surface area contributed by atoms with Crippen molar-refractivity contribution in [3.8, 4) is 0 Å². The van der Waals surface area contributed by atoms with Crippen LogP contribution in [-0.2, 0) is 4.79 Å². The van der Waals surface area contributed by atoms with Gasteiger partial charge in [0, 0.05) is 12.3 Å². The fraction of sp³-hybridized carbons (Fsp3) is 0.909. The zero-order valence-electron chi connectivity index (χ0n) is 8.75. The molecule has 1 fully saturated rings. The summed E-state index contributed by atoms with van der Waals surface area (Å²) in [4.78, 5) is 11.6. The first kappa shape index (κ1) is 10.7. The van der Waals surface area contributed by atoms with E-state index in [1.54, 1.807) is 0 Å². The highest BCUT2D eigenvalue weighted by atomic mass is 16.1. The molecule has 0 radical (unpaired) electrons. The average molecular weight is 183 g/mol. The van der Waals surface area contributed by atoms with Crippen LogP contribution in [0.1, 0.15) is 39.5 Å². The van der Waals surface area contributed by atoms with Gasteiger partial charge in [0.2, 0.25) is 0 Å². The predicted octanol–water partition coefficient (Wildman–Crippen LogP) is 1.98. The Hall–Kier alpha value is -0.370. The Balaban J connectivity index is 2.45. The van der Waals surface area contributed by atoms with E-state index in [1.165, 1.54) is 6.42 Å². The van der Waals surface area contributed by atoms with Crippen molar-refractivity contribution in [2.75, 3.05) is 6.54 Å². The predicted molar refractivity (Wildman–Crippen MR) is 54.3 cm³/mol.